The molecule has 3 aromatic carbocycles. The van der Waals surface area contributed by atoms with E-state index in [0.717, 1.165) is 40.4 Å². The van der Waals surface area contributed by atoms with Gasteiger partial charge in [0, 0.05) is 23.4 Å². The topological polar surface area (TPSA) is 185 Å². The Labute approximate surface area is 284 Å². The van der Waals surface area contributed by atoms with Crippen molar-refractivity contribution in [3.63, 3.8) is 0 Å². The van der Waals surface area contributed by atoms with Gasteiger partial charge >= 0.3 is 6.09 Å². The number of benzene rings is 3. The summed E-state index contributed by atoms with van der Waals surface area (Å²) in [7, 11) is 0. The second-order valence-corrected chi connectivity index (χ2v) is 13.5. The monoisotopic (exact) mass is 663 g/mol. The average Bonchev–Trinajstić information content (AvgIpc) is 3.81. The zero-order chi connectivity index (χ0) is 34.5. The lowest BCUT2D eigenvalue weighted by Crippen LogP contribution is -2.50. The van der Waals surface area contributed by atoms with E-state index < -0.39 is 23.6 Å². The van der Waals surface area contributed by atoms with Crippen molar-refractivity contribution in [1.82, 2.24) is 36.1 Å². The van der Waals surface area contributed by atoms with Gasteiger partial charge in [-0.1, -0.05) is 36.4 Å². The third-order valence-corrected chi connectivity index (χ3v) is 8.82. The minimum absolute atomic E-state index is 0.209. The molecule has 13 heteroatoms. The van der Waals surface area contributed by atoms with Gasteiger partial charge in [0.05, 0.1) is 23.4 Å². The Balaban J connectivity index is 1.15. The van der Waals surface area contributed by atoms with E-state index in [1.165, 1.54) is 4.90 Å². The van der Waals surface area contributed by atoms with E-state index in [0.29, 0.717) is 36.5 Å². The number of aromatic nitrogens is 6. The summed E-state index contributed by atoms with van der Waals surface area (Å²) in [6, 6.07) is 19.9. The number of anilines is 1. The van der Waals surface area contributed by atoms with Gasteiger partial charge in [-0.2, -0.15) is 10.3 Å². The molecule has 49 heavy (non-hydrogen) atoms. The number of ether oxygens (including phenoxy) is 1. The smallest absolute Gasteiger partial charge is 0.407 e. The maximum atomic E-state index is 14.1. The van der Waals surface area contributed by atoms with Crippen LogP contribution in [-0.4, -0.2) is 66.9 Å². The van der Waals surface area contributed by atoms with E-state index in [4.69, 9.17) is 10.5 Å². The van der Waals surface area contributed by atoms with E-state index in [1.807, 2.05) is 63.2 Å². The molecule has 1 aliphatic carbocycles. The Hall–Kier alpha value is -5.43. The molecule has 0 aliphatic heterocycles. The summed E-state index contributed by atoms with van der Waals surface area (Å²) in [4.78, 5) is 41.6. The first-order chi connectivity index (χ1) is 23.6. The normalized spacial score (nSPS) is 17.0. The van der Waals surface area contributed by atoms with Gasteiger partial charge in [0.1, 0.15) is 5.60 Å². The number of H-pyrrole nitrogens is 2. The van der Waals surface area contributed by atoms with Gasteiger partial charge in [0.25, 0.3) is 5.91 Å². The highest BCUT2D eigenvalue weighted by molar-refractivity contribution is 6.17. The van der Waals surface area contributed by atoms with Crippen LogP contribution >= 0.6 is 0 Å². The number of hydrogen-bond acceptors (Lipinski definition) is 9. The summed E-state index contributed by atoms with van der Waals surface area (Å²) in [6.07, 6.45) is 4.25. The van der Waals surface area contributed by atoms with E-state index >= 15 is 0 Å². The van der Waals surface area contributed by atoms with Crippen LogP contribution in [0.2, 0.25) is 0 Å². The van der Waals surface area contributed by atoms with Crippen molar-refractivity contribution in [2.45, 2.75) is 64.5 Å². The Kier molecular flexibility index (Phi) is 9.81. The highest BCUT2D eigenvalue weighted by Crippen LogP contribution is 2.33. The number of carbonyl (C=O) groups is 3. The first-order valence-electron chi connectivity index (χ1n) is 16.5. The fraction of sp³-hybridized carbons (Fsp3) is 0.361. The molecule has 0 bridgehead atoms. The third-order valence-electron chi connectivity index (χ3n) is 8.82. The number of nitrogens with zero attached hydrogens (tertiary/aromatic N) is 5. The summed E-state index contributed by atoms with van der Waals surface area (Å²) < 4.78 is 5.35. The molecule has 2 aromatic heterocycles. The van der Waals surface area contributed by atoms with E-state index in [9.17, 15) is 14.4 Å². The van der Waals surface area contributed by atoms with Crippen molar-refractivity contribution >= 4 is 34.5 Å². The lowest BCUT2D eigenvalue weighted by Gasteiger charge is -2.32. The maximum absolute atomic E-state index is 14.1. The number of carbonyl (C=O) groups excluding carboxylic acids is 3. The van der Waals surface area contributed by atoms with Crippen LogP contribution in [0.15, 0.2) is 72.9 Å². The summed E-state index contributed by atoms with van der Waals surface area (Å²) in [6.45, 7) is 5.93. The van der Waals surface area contributed by atoms with Crippen LogP contribution in [-0.2, 0) is 20.7 Å². The largest absolute Gasteiger partial charge is 0.444 e. The SMILES string of the molecule is CC(C)(C)OC(=O)NCC1CCC(C(=O)N(C(=O)[C@@H](N)Cc2ccc(-c3cccc4[nH]ncc34)cc2)c2ccc(-c3nn[nH]n3)cc2)CC1. The molecule has 5 aromatic rings. The highest BCUT2D eigenvalue weighted by Gasteiger charge is 2.35. The molecule has 0 spiro atoms. The van der Waals surface area contributed by atoms with E-state index in [1.54, 1.807) is 30.5 Å². The molecule has 5 N–H and O–H groups in total. The lowest BCUT2D eigenvalue weighted by molar-refractivity contribution is -0.130. The number of nitrogens with one attached hydrogen (secondary N) is 3. The number of imide groups is 1. The summed E-state index contributed by atoms with van der Waals surface area (Å²) >= 11 is 0. The molecule has 1 saturated carbocycles. The number of alkyl carbamates (subject to hydrolysis) is 1. The van der Waals surface area contributed by atoms with Crippen LogP contribution in [0, 0.1) is 11.8 Å². The highest BCUT2D eigenvalue weighted by atomic mass is 16.6. The molecule has 3 amide bonds. The van der Waals surface area contributed by atoms with Crippen LogP contribution in [0.25, 0.3) is 33.4 Å². The Morgan fingerprint density at radius 3 is 2.37 bits per heavy atom. The summed E-state index contributed by atoms with van der Waals surface area (Å²) in [5, 5.41) is 25.1. The molecule has 1 fully saturated rings. The first kappa shape index (κ1) is 33.5. The van der Waals surface area contributed by atoms with Crippen LogP contribution < -0.4 is 16.0 Å². The van der Waals surface area contributed by atoms with E-state index in [-0.39, 0.29) is 24.2 Å². The zero-order valence-corrected chi connectivity index (χ0v) is 27.8. The van der Waals surface area contributed by atoms with Crippen LogP contribution in [0.5, 0.6) is 0 Å². The number of hydrogen-bond donors (Lipinski definition) is 4. The predicted molar refractivity (Wildman–Crippen MR) is 185 cm³/mol. The van der Waals surface area contributed by atoms with Gasteiger partial charge in [-0.3, -0.25) is 14.7 Å². The van der Waals surface area contributed by atoms with Gasteiger partial charge < -0.3 is 15.8 Å². The molecule has 0 unspecified atom stereocenters. The molecule has 6 rings (SSSR count). The quantitative estimate of drug-likeness (QED) is 0.165. The van der Waals surface area contributed by atoms with Crippen molar-refractivity contribution < 1.29 is 19.1 Å². The molecular formula is C36H41N9O4. The predicted octanol–water partition coefficient (Wildman–Crippen LogP) is 5.17. The number of rotatable bonds is 9. The van der Waals surface area contributed by atoms with Gasteiger partial charge in [-0.25, -0.2) is 9.69 Å². The number of nitrogens with two attached hydrogens (primary N) is 1. The van der Waals surface area contributed by atoms with Crippen molar-refractivity contribution in [3.05, 3.63) is 78.5 Å². The molecular weight excluding hydrogens is 622 g/mol. The molecule has 1 aliphatic rings. The zero-order valence-electron chi connectivity index (χ0n) is 27.8. The second kappa shape index (κ2) is 14.4. The number of fused-ring (bicyclic) bond motifs is 1. The summed E-state index contributed by atoms with van der Waals surface area (Å²) in [5.41, 5.74) is 11.0. The lowest BCUT2D eigenvalue weighted by atomic mass is 9.81. The maximum Gasteiger partial charge on any atom is 0.407 e. The first-order valence-corrected chi connectivity index (χ1v) is 16.5. The van der Waals surface area contributed by atoms with Crippen LogP contribution in [0.1, 0.15) is 52.0 Å². The average molecular weight is 664 g/mol. The van der Waals surface area contributed by atoms with Crippen molar-refractivity contribution in [2.24, 2.45) is 17.6 Å². The minimum Gasteiger partial charge on any atom is -0.444 e. The summed E-state index contributed by atoms with van der Waals surface area (Å²) in [5.74, 6) is -0.511. The van der Waals surface area contributed by atoms with Crippen molar-refractivity contribution in [1.29, 1.82) is 0 Å². The van der Waals surface area contributed by atoms with Crippen LogP contribution in [0.3, 0.4) is 0 Å². The third kappa shape index (κ3) is 8.00. The van der Waals surface area contributed by atoms with Crippen molar-refractivity contribution in [3.8, 4) is 22.5 Å². The molecule has 13 nitrogen and oxygen atoms in total. The number of aromatic amines is 2. The molecule has 0 radical (unpaired) electrons. The number of amides is 3. The molecule has 254 valence electrons. The molecule has 0 saturated heterocycles. The second-order valence-electron chi connectivity index (χ2n) is 13.5. The Morgan fingerprint density at radius 2 is 1.69 bits per heavy atom. The van der Waals surface area contributed by atoms with Crippen LogP contribution in [0.4, 0.5) is 10.5 Å². The standard InChI is InChI=1S/C36H41N9O4/c1-36(2,3)49-35(48)38-20-23-9-13-26(14-10-23)33(46)45(27-17-15-25(16-18-27)32-41-43-44-42-32)34(47)30(37)19-22-7-11-24(12-8-22)28-5-4-6-31-29(28)21-39-40-31/h4-8,11-12,15-18,21,23,26,30H,9-10,13-14,19-20,37H2,1-3H3,(H,38,48)(H,39,40)(H,41,42,43,44)/t23?,26?,30-/m0/s1. The van der Waals surface area contributed by atoms with Crippen molar-refractivity contribution in [2.75, 3.05) is 11.4 Å². The van der Waals surface area contributed by atoms with Gasteiger partial charge in [-0.15, -0.1) is 10.2 Å². The molecule has 2 heterocycles. The molecule has 1 atom stereocenters. The van der Waals surface area contributed by atoms with Gasteiger partial charge in [0.15, 0.2) is 0 Å². The fourth-order valence-electron chi connectivity index (χ4n) is 6.29. The fourth-order valence-corrected chi connectivity index (χ4v) is 6.29. The van der Waals surface area contributed by atoms with Gasteiger partial charge in [-0.05, 0) is 111 Å². The van der Waals surface area contributed by atoms with E-state index in [2.05, 4.69) is 36.1 Å². The Bertz CT molecular complexity index is 1890. The Morgan fingerprint density at radius 1 is 0.980 bits per heavy atom. The van der Waals surface area contributed by atoms with Gasteiger partial charge in [0.2, 0.25) is 11.7 Å². The number of tetrazole rings is 1. The minimum atomic E-state index is -0.960.